The van der Waals surface area contributed by atoms with Crippen LogP contribution in [0.15, 0.2) is 88.1 Å². The normalized spacial score (nSPS) is 12.0. The minimum absolute atomic E-state index is 0.0145. The summed E-state index contributed by atoms with van der Waals surface area (Å²) in [6, 6.07) is 24.6. The van der Waals surface area contributed by atoms with Gasteiger partial charge in [-0.05, 0) is 41.8 Å². The number of rotatable bonds is 6. The molecule has 4 aromatic rings. The maximum absolute atomic E-state index is 12.7. The first-order chi connectivity index (χ1) is 14.2. The van der Waals surface area contributed by atoms with Gasteiger partial charge in [0.2, 0.25) is 0 Å². The monoisotopic (exact) mass is 386 g/mol. The molecule has 0 aliphatic carbocycles. The molecule has 4 rings (SSSR count). The SMILES string of the molecule is CCC(c1cccc(OCc2ccccc2)c1)c1c(O)c2ccccc2oc1=O. The van der Waals surface area contributed by atoms with E-state index in [9.17, 15) is 9.90 Å². The molecule has 146 valence electrons. The average Bonchev–Trinajstić information content (AvgIpc) is 2.76. The number of benzene rings is 3. The molecule has 0 spiro atoms. The molecule has 1 N–H and O–H groups in total. The smallest absolute Gasteiger partial charge is 0.343 e. The number of ether oxygens (including phenoxy) is 1. The van der Waals surface area contributed by atoms with Crippen LogP contribution >= 0.6 is 0 Å². The van der Waals surface area contributed by atoms with Gasteiger partial charge in [-0.1, -0.05) is 61.5 Å². The fourth-order valence-electron chi connectivity index (χ4n) is 3.62. The van der Waals surface area contributed by atoms with Crippen LogP contribution in [0.2, 0.25) is 0 Å². The summed E-state index contributed by atoms with van der Waals surface area (Å²) in [7, 11) is 0. The van der Waals surface area contributed by atoms with E-state index in [-0.39, 0.29) is 17.2 Å². The van der Waals surface area contributed by atoms with Gasteiger partial charge in [0.15, 0.2) is 0 Å². The van der Waals surface area contributed by atoms with Crippen molar-refractivity contribution in [2.45, 2.75) is 25.9 Å². The van der Waals surface area contributed by atoms with Crippen molar-refractivity contribution in [3.8, 4) is 11.5 Å². The van der Waals surface area contributed by atoms with Crippen LogP contribution in [0.1, 0.15) is 36.0 Å². The van der Waals surface area contributed by atoms with Gasteiger partial charge in [0, 0.05) is 5.92 Å². The Hall–Kier alpha value is -3.53. The van der Waals surface area contributed by atoms with E-state index in [2.05, 4.69) is 0 Å². The van der Waals surface area contributed by atoms with Crippen molar-refractivity contribution in [1.29, 1.82) is 0 Å². The second-order valence-electron chi connectivity index (χ2n) is 6.96. The molecule has 0 fully saturated rings. The summed E-state index contributed by atoms with van der Waals surface area (Å²) in [5.41, 5.74) is 2.14. The Bertz CT molecular complexity index is 1180. The Kier molecular flexibility index (Phi) is 5.34. The lowest BCUT2D eigenvalue weighted by Crippen LogP contribution is -2.14. The Balaban J connectivity index is 1.68. The highest BCUT2D eigenvalue weighted by atomic mass is 16.5. The van der Waals surface area contributed by atoms with E-state index in [4.69, 9.17) is 9.15 Å². The third-order valence-corrected chi connectivity index (χ3v) is 5.09. The predicted molar refractivity (Wildman–Crippen MR) is 113 cm³/mol. The van der Waals surface area contributed by atoms with Crippen LogP contribution in [-0.2, 0) is 6.61 Å². The van der Waals surface area contributed by atoms with Crippen LogP contribution < -0.4 is 10.4 Å². The average molecular weight is 386 g/mol. The van der Waals surface area contributed by atoms with Gasteiger partial charge in [0.1, 0.15) is 23.7 Å². The fourth-order valence-corrected chi connectivity index (χ4v) is 3.62. The van der Waals surface area contributed by atoms with Crippen molar-refractivity contribution >= 4 is 11.0 Å². The van der Waals surface area contributed by atoms with Gasteiger partial charge in [-0.15, -0.1) is 0 Å². The zero-order chi connectivity index (χ0) is 20.2. The summed E-state index contributed by atoms with van der Waals surface area (Å²) in [5.74, 6) is 0.407. The van der Waals surface area contributed by atoms with Crippen LogP contribution in [0.5, 0.6) is 11.5 Å². The third-order valence-electron chi connectivity index (χ3n) is 5.09. The maximum Gasteiger partial charge on any atom is 0.343 e. The molecular weight excluding hydrogens is 364 g/mol. The van der Waals surface area contributed by atoms with E-state index in [1.807, 2.05) is 67.6 Å². The van der Waals surface area contributed by atoms with Crippen molar-refractivity contribution in [2.24, 2.45) is 0 Å². The minimum Gasteiger partial charge on any atom is -0.507 e. The van der Waals surface area contributed by atoms with Crippen molar-refractivity contribution in [2.75, 3.05) is 0 Å². The molecule has 1 atom stereocenters. The third kappa shape index (κ3) is 3.87. The lowest BCUT2D eigenvalue weighted by atomic mass is 9.89. The van der Waals surface area contributed by atoms with Crippen LogP contribution in [0, 0.1) is 0 Å². The van der Waals surface area contributed by atoms with Crippen molar-refractivity contribution in [1.82, 2.24) is 0 Å². The number of hydrogen-bond donors (Lipinski definition) is 1. The lowest BCUT2D eigenvalue weighted by molar-refractivity contribution is 0.305. The summed E-state index contributed by atoms with van der Waals surface area (Å²) >= 11 is 0. The Morgan fingerprint density at radius 1 is 0.966 bits per heavy atom. The highest BCUT2D eigenvalue weighted by Crippen LogP contribution is 2.36. The molecule has 1 heterocycles. The number of fused-ring (bicyclic) bond motifs is 1. The number of para-hydroxylation sites is 1. The Labute approximate surface area is 169 Å². The van der Waals surface area contributed by atoms with Gasteiger partial charge >= 0.3 is 5.63 Å². The highest BCUT2D eigenvalue weighted by Gasteiger charge is 2.23. The molecule has 0 aliphatic rings. The van der Waals surface area contributed by atoms with Crippen LogP contribution in [0.3, 0.4) is 0 Å². The Morgan fingerprint density at radius 2 is 1.72 bits per heavy atom. The molecule has 1 aromatic heterocycles. The van der Waals surface area contributed by atoms with Crippen molar-refractivity contribution in [3.63, 3.8) is 0 Å². The topological polar surface area (TPSA) is 59.7 Å². The largest absolute Gasteiger partial charge is 0.507 e. The van der Waals surface area contributed by atoms with Gasteiger partial charge in [-0.3, -0.25) is 0 Å². The van der Waals surface area contributed by atoms with Gasteiger partial charge in [0.05, 0.1) is 10.9 Å². The van der Waals surface area contributed by atoms with E-state index in [1.165, 1.54) is 0 Å². The second kappa shape index (κ2) is 8.23. The first-order valence-corrected chi connectivity index (χ1v) is 9.68. The second-order valence-corrected chi connectivity index (χ2v) is 6.96. The highest BCUT2D eigenvalue weighted by molar-refractivity contribution is 5.84. The summed E-state index contributed by atoms with van der Waals surface area (Å²) in [6.45, 7) is 2.45. The fraction of sp³-hybridized carbons (Fsp3) is 0.160. The maximum atomic E-state index is 12.7. The van der Waals surface area contributed by atoms with Crippen molar-refractivity contribution in [3.05, 3.63) is 106 Å². The molecule has 0 amide bonds. The molecule has 4 nitrogen and oxygen atoms in total. The Morgan fingerprint density at radius 3 is 2.52 bits per heavy atom. The molecule has 4 heteroatoms. The molecular formula is C25H22O4. The van der Waals surface area contributed by atoms with Crippen LogP contribution in [0.4, 0.5) is 0 Å². The number of aromatic hydroxyl groups is 1. The van der Waals surface area contributed by atoms with Crippen LogP contribution in [-0.4, -0.2) is 5.11 Å². The molecule has 29 heavy (non-hydrogen) atoms. The zero-order valence-electron chi connectivity index (χ0n) is 16.2. The van der Waals surface area contributed by atoms with Gasteiger partial charge in [-0.2, -0.15) is 0 Å². The quantitative estimate of drug-likeness (QED) is 0.437. The standard InChI is InChI=1S/C25H22O4/c1-2-20(23-24(26)21-13-6-7-14-22(21)29-25(23)27)18-11-8-12-19(15-18)28-16-17-9-4-3-5-10-17/h3-15,20,26H,2,16H2,1H3. The molecule has 1 unspecified atom stereocenters. The molecule has 3 aromatic carbocycles. The summed E-state index contributed by atoms with van der Waals surface area (Å²) in [5, 5.41) is 11.4. The van der Waals surface area contributed by atoms with E-state index >= 15 is 0 Å². The van der Waals surface area contributed by atoms with Gasteiger partial charge in [-0.25, -0.2) is 4.79 Å². The molecule has 0 bridgehead atoms. The predicted octanol–water partition coefficient (Wildman–Crippen LogP) is 5.62. The van der Waals surface area contributed by atoms with E-state index in [1.54, 1.807) is 18.2 Å². The zero-order valence-corrected chi connectivity index (χ0v) is 16.2. The van der Waals surface area contributed by atoms with Crippen molar-refractivity contribution < 1.29 is 14.3 Å². The van der Waals surface area contributed by atoms with Gasteiger partial charge < -0.3 is 14.3 Å². The van der Waals surface area contributed by atoms with Crippen LogP contribution in [0.25, 0.3) is 11.0 Å². The molecule has 0 saturated heterocycles. The summed E-state index contributed by atoms with van der Waals surface area (Å²) in [4.78, 5) is 12.7. The number of hydrogen-bond acceptors (Lipinski definition) is 4. The first-order valence-electron chi connectivity index (χ1n) is 9.68. The summed E-state index contributed by atoms with van der Waals surface area (Å²) < 4.78 is 11.4. The molecule has 0 saturated carbocycles. The lowest BCUT2D eigenvalue weighted by Gasteiger charge is -2.18. The first kappa shape index (κ1) is 18.8. The minimum atomic E-state index is -0.511. The van der Waals surface area contributed by atoms with Gasteiger partial charge in [0.25, 0.3) is 0 Å². The summed E-state index contributed by atoms with van der Waals surface area (Å²) in [6.07, 6.45) is 0.638. The molecule has 0 radical (unpaired) electrons. The van der Waals surface area contributed by atoms with E-state index in [0.717, 1.165) is 16.9 Å². The molecule has 0 aliphatic heterocycles. The van der Waals surface area contributed by atoms with E-state index < -0.39 is 5.63 Å². The van der Waals surface area contributed by atoms with E-state index in [0.29, 0.717) is 24.0 Å².